The third kappa shape index (κ3) is 3.86. The summed E-state index contributed by atoms with van der Waals surface area (Å²) in [5.74, 6) is 0. The molecule has 0 bridgehead atoms. The van der Waals surface area contributed by atoms with Crippen molar-refractivity contribution in [3.05, 3.63) is 27.7 Å². The van der Waals surface area contributed by atoms with Gasteiger partial charge in [-0.3, -0.25) is 0 Å². The van der Waals surface area contributed by atoms with Crippen LogP contribution in [0.4, 0.5) is 18.9 Å². The maximum atomic E-state index is 12.4. The van der Waals surface area contributed by atoms with Crippen molar-refractivity contribution in [2.45, 2.75) is 12.6 Å². The van der Waals surface area contributed by atoms with Gasteiger partial charge in [-0.2, -0.15) is 28.7 Å². The van der Waals surface area contributed by atoms with E-state index in [1.807, 2.05) is 6.07 Å². The summed E-state index contributed by atoms with van der Waals surface area (Å²) in [7, 11) is 0. The van der Waals surface area contributed by atoms with Crippen LogP contribution in [0.5, 0.6) is 0 Å². The SMILES string of the molecule is N#CCCN=Nc1c(Cl)cc(C(F)(F)F)cc1Cl. The average molecular weight is 296 g/mol. The zero-order chi connectivity index (χ0) is 13.8. The zero-order valence-corrected chi connectivity index (χ0v) is 10.3. The quantitative estimate of drug-likeness (QED) is 0.571. The summed E-state index contributed by atoms with van der Waals surface area (Å²) in [6.45, 7) is 0.129. The number of nitriles is 1. The molecule has 0 aliphatic carbocycles. The Labute approximate surface area is 111 Å². The van der Waals surface area contributed by atoms with Crippen LogP contribution in [-0.4, -0.2) is 6.54 Å². The van der Waals surface area contributed by atoms with Gasteiger partial charge in [0.05, 0.1) is 34.6 Å². The van der Waals surface area contributed by atoms with Gasteiger partial charge in [0.25, 0.3) is 0 Å². The van der Waals surface area contributed by atoms with Crippen LogP contribution >= 0.6 is 23.2 Å². The van der Waals surface area contributed by atoms with Crippen LogP contribution in [0.15, 0.2) is 22.4 Å². The van der Waals surface area contributed by atoms with Crippen molar-refractivity contribution in [2.75, 3.05) is 6.54 Å². The van der Waals surface area contributed by atoms with Gasteiger partial charge in [-0.1, -0.05) is 23.2 Å². The van der Waals surface area contributed by atoms with Gasteiger partial charge in [-0.15, -0.1) is 0 Å². The van der Waals surface area contributed by atoms with E-state index in [0.29, 0.717) is 0 Å². The maximum Gasteiger partial charge on any atom is 0.416 e. The van der Waals surface area contributed by atoms with E-state index in [0.717, 1.165) is 12.1 Å². The second-order valence-corrected chi connectivity index (χ2v) is 3.97. The third-order valence-corrected chi connectivity index (χ3v) is 2.41. The molecule has 0 aromatic heterocycles. The number of hydrogen-bond acceptors (Lipinski definition) is 3. The highest BCUT2D eigenvalue weighted by molar-refractivity contribution is 6.38. The van der Waals surface area contributed by atoms with Gasteiger partial charge in [0.15, 0.2) is 0 Å². The minimum Gasteiger partial charge on any atom is -0.198 e. The van der Waals surface area contributed by atoms with Gasteiger partial charge in [0.1, 0.15) is 5.69 Å². The van der Waals surface area contributed by atoms with Crippen molar-refractivity contribution in [3.8, 4) is 6.07 Å². The molecule has 0 saturated heterocycles. The summed E-state index contributed by atoms with van der Waals surface area (Å²) in [5.41, 5.74) is -0.988. The lowest BCUT2D eigenvalue weighted by Crippen LogP contribution is -2.04. The highest BCUT2D eigenvalue weighted by atomic mass is 35.5. The standard InChI is InChI=1S/C10H6Cl2F3N3/c11-7-4-6(10(13,14)15)5-8(12)9(7)18-17-3-1-2-16/h4-5H,1,3H2. The number of hydrogen-bond donors (Lipinski definition) is 0. The van der Waals surface area contributed by atoms with E-state index in [9.17, 15) is 13.2 Å². The molecule has 0 aliphatic heterocycles. The second kappa shape index (κ2) is 6.03. The third-order valence-electron chi connectivity index (χ3n) is 1.84. The largest absolute Gasteiger partial charge is 0.416 e. The molecule has 3 nitrogen and oxygen atoms in total. The number of benzene rings is 1. The Bertz CT molecular complexity index is 483. The van der Waals surface area contributed by atoms with Gasteiger partial charge in [-0.25, -0.2) is 0 Å². The first-order chi connectivity index (χ1) is 8.36. The van der Waals surface area contributed by atoms with Crippen LogP contribution in [0, 0.1) is 11.3 Å². The molecule has 0 amide bonds. The molecule has 0 radical (unpaired) electrons. The fourth-order valence-corrected chi connectivity index (χ4v) is 1.61. The normalized spacial score (nSPS) is 11.8. The molecule has 1 rings (SSSR count). The van der Waals surface area contributed by atoms with Crippen molar-refractivity contribution in [1.29, 1.82) is 5.26 Å². The lowest BCUT2D eigenvalue weighted by Gasteiger charge is -2.09. The predicted molar refractivity (Wildman–Crippen MR) is 61.1 cm³/mol. The molecule has 0 spiro atoms. The summed E-state index contributed by atoms with van der Waals surface area (Å²) in [6.07, 6.45) is -4.37. The highest BCUT2D eigenvalue weighted by Gasteiger charge is 2.32. The topological polar surface area (TPSA) is 48.5 Å². The maximum absolute atomic E-state index is 12.4. The average Bonchev–Trinajstić information content (AvgIpc) is 2.25. The fourth-order valence-electron chi connectivity index (χ4n) is 1.05. The van der Waals surface area contributed by atoms with E-state index in [2.05, 4.69) is 10.2 Å². The zero-order valence-electron chi connectivity index (χ0n) is 8.80. The van der Waals surface area contributed by atoms with E-state index in [1.165, 1.54) is 0 Å². The van der Waals surface area contributed by atoms with Crippen LogP contribution in [0.1, 0.15) is 12.0 Å². The van der Waals surface area contributed by atoms with E-state index in [-0.39, 0.29) is 28.7 Å². The molecule has 0 unspecified atom stereocenters. The number of azo groups is 1. The molecule has 8 heteroatoms. The monoisotopic (exact) mass is 295 g/mol. The Balaban J connectivity index is 3.03. The lowest BCUT2D eigenvalue weighted by atomic mass is 10.2. The van der Waals surface area contributed by atoms with Gasteiger partial charge in [0, 0.05) is 0 Å². The van der Waals surface area contributed by atoms with Crippen LogP contribution in [0.25, 0.3) is 0 Å². The smallest absolute Gasteiger partial charge is 0.198 e. The summed E-state index contributed by atoms with van der Waals surface area (Å²) in [5, 5.41) is 15.0. The highest BCUT2D eigenvalue weighted by Crippen LogP contribution is 2.39. The summed E-state index contributed by atoms with van der Waals surface area (Å²) >= 11 is 11.3. The number of alkyl halides is 3. The van der Waals surface area contributed by atoms with E-state index in [1.54, 1.807) is 0 Å². The first-order valence-corrected chi connectivity index (χ1v) is 5.42. The Hall–Kier alpha value is -1.32. The summed E-state index contributed by atoms with van der Waals surface area (Å²) < 4.78 is 37.3. The number of rotatable bonds is 3. The van der Waals surface area contributed by atoms with Crippen molar-refractivity contribution in [3.63, 3.8) is 0 Å². The molecule has 0 heterocycles. The molecule has 1 aromatic carbocycles. The number of nitrogens with zero attached hydrogens (tertiary/aromatic N) is 3. The van der Waals surface area contributed by atoms with E-state index in [4.69, 9.17) is 28.5 Å². The lowest BCUT2D eigenvalue weighted by molar-refractivity contribution is -0.137. The summed E-state index contributed by atoms with van der Waals surface area (Å²) in [4.78, 5) is 0. The molecule has 0 aliphatic rings. The Kier molecular flexibility index (Phi) is 4.93. The molecular weight excluding hydrogens is 290 g/mol. The van der Waals surface area contributed by atoms with Gasteiger partial charge in [-0.05, 0) is 12.1 Å². The van der Waals surface area contributed by atoms with E-state index < -0.39 is 11.7 Å². The minimum absolute atomic E-state index is 0.0377. The van der Waals surface area contributed by atoms with Crippen molar-refractivity contribution < 1.29 is 13.2 Å². The molecule has 0 fully saturated rings. The minimum atomic E-state index is -4.52. The van der Waals surface area contributed by atoms with Gasteiger partial charge >= 0.3 is 6.18 Å². The Morgan fingerprint density at radius 2 is 1.78 bits per heavy atom. The molecule has 1 aromatic rings. The van der Waals surface area contributed by atoms with Crippen LogP contribution in [-0.2, 0) is 6.18 Å². The fraction of sp³-hybridized carbons (Fsp3) is 0.300. The Morgan fingerprint density at radius 1 is 1.22 bits per heavy atom. The molecule has 96 valence electrons. The molecule has 0 N–H and O–H groups in total. The van der Waals surface area contributed by atoms with E-state index >= 15 is 0 Å². The first kappa shape index (κ1) is 14.7. The van der Waals surface area contributed by atoms with Gasteiger partial charge < -0.3 is 0 Å². The van der Waals surface area contributed by atoms with Crippen molar-refractivity contribution >= 4 is 28.9 Å². The number of halogens is 5. The molecule has 0 atom stereocenters. The van der Waals surface area contributed by atoms with Crippen LogP contribution < -0.4 is 0 Å². The second-order valence-electron chi connectivity index (χ2n) is 3.16. The van der Waals surface area contributed by atoms with Crippen LogP contribution in [0.2, 0.25) is 10.0 Å². The first-order valence-electron chi connectivity index (χ1n) is 4.67. The molecular formula is C10H6Cl2F3N3. The van der Waals surface area contributed by atoms with Crippen molar-refractivity contribution in [2.24, 2.45) is 10.2 Å². The summed E-state index contributed by atoms with van der Waals surface area (Å²) in [6, 6.07) is 3.30. The molecule has 0 saturated carbocycles. The predicted octanol–water partition coefficient (Wildman–Crippen LogP) is 5.01. The Morgan fingerprint density at radius 3 is 2.22 bits per heavy atom. The van der Waals surface area contributed by atoms with Crippen LogP contribution in [0.3, 0.4) is 0 Å². The van der Waals surface area contributed by atoms with Crippen molar-refractivity contribution in [1.82, 2.24) is 0 Å². The van der Waals surface area contributed by atoms with Gasteiger partial charge in [0.2, 0.25) is 0 Å². The molecule has 18 heavy (non-hydrogen) atoms.